The van der Waals surface area contributed by atoms with Crippen molar-refractivity contribution in [1.29, 1.82) is 0 Å². The van der Waals surface area contributed by atoms with E-state index in [1.165, 1.54) is 23.6 Å². The molecule has 0 aliphatic carbocycles. The maximum absolute atomic E-state index is 11.9. The van der Waals surface area contributed by atoms with Gasteiger partial charge in [-0.25, -0.2) is 9.78 Å². The number of hydrogen-bond acceptors (Lipinski definition) is 3. The average Bonchev–Trinajstić information content (AvgIpc) is 3.31. The van der Waals surface area contributed by atoms with Crippen LogP contribution in [-0.2, 0) is 18.3 Å². The van der Waals surface area contributed by atoms with Gasteiger partial charge in [0.1, 0.15) is 0 Å². The number of nitrogens with zero attached hydrogens (tertiary/aromatic N) is 3. The molecule has 5 nitrogen and oxygen atoms in total. The third kappa shape index (κ3) is 2.95. The predicted molar refractivity (Wildman–Crippen MR) is 119 cm³/mol. The monoisotopic (exact) mass is 395 g/mol. The summed E-state index contributed by atoms with van der Waals surface area (Å²) in [4.78, 5) is 16.8. The molecule has 0 radical (unpaired) electrons. The SMILES string of the molecule is COC(=O)c1ccc2c(c1)nc(-c1cc3ccccc3n1Cc1ccccc1)n2C. The van der Waals surface area contributed by atoms with E-state index in [4.69, 9.17) is 9.72 Å². The van der Waals surface area contributed by atoms with Crippen molar-refractivity contribution in [2.24, 2.45) is 7.05 Å². The number of imidazole rings is 1. The highest BCUT2D eigenvalue weighted by molar-refractivity contribution is 5.95. The first-order valence-corrected chi connectivity index (χ1v) is 9.83. The number of aromatic nitrogens is 3. The average molecular weight is 395 g/mol. The number of ether oxygens (including phenoxy) is 1. The Labute approximate surface area is 174 Å². The molecule has 0 atom stereocenters. The summed E-state index contributed by atoms with van der Waals surface area (Å²) < 4.78 is 9.23. The van der Waals surface area contributed by atoms with Crippen molar-refractivity contribution >= 4 is 27.9 Å². The van der Waals surface area contributed by atoms with E-state index in [9.17, 15) is 4.79 Å². The number of para-hydroxylation sites is 1. The van der Waals surface area contributed by atoms with Crippen LogP contribution >= 0.6 is 0 Å². The van der Waals surface area contributed by atoms with Crippen molar-refractivity contribution < 1.29 is 9.53 Å². The van der Waals surface area contributed by atoms with Gasteiger partial charge in [-0.15, -0.1) is 0 Å². The first kappa shape index (κ1) is 18.2. The Morgan fingerprint density at radius 2 is 1.70 bits per heavy atom. The van der Waals surface area contributed by atoms with Gasteiger partial charge in [-0.05, 0) is 35.9 Å². The molecule has 0 unspecified atom stereocenters. The van der Waals surface area contributed by atoms with Gasteiger partial charge in [0.05, 0.1) is 29.4 Å². The molecule has 0 fully saturated rings. The number of methoxy groups -OCH3 is 1. The third-order valence-electron chi connectivity index (χ3n) is 5.53. The summed E-state index contributed by atoms with van der Waals surface area (Å²) in [5.41, 5.74) is 5.67. The highest BCUT2D eigenvalue weighted by atomic mass is 16.5. The van der Waals surface area contributed by atoms with E-state index >= 15 is 0 Å². The van der Waals surface area contributed by atoms with Crippen molar-refractivity contribution in [3.63, 3.8) is 0 Å². The maximum Gasteiger partial charge on any atom is 0.337 e. The van der Waals surface area contributed by atoms with Crippen LogP contribution in [0, 0.1) is 0 Å². The number of fused-ring (bicyclic) bond motifs is 2. The summed E-state index contributed by atoms with van der Waals surface area (Å²) >= 11 is 0. The van der Waals surface area contributed by atoms with E-state index < -0.39 is 0 Å². The molecule has 5 aromatic rings. The molecule has 30 heavy (non-hydrogen) atoms. The molecule has 0 bridgehead atoms. The summed E-state index contributed by atoms with van der Waals surface area (Å²) in [6.45, 7) is 0.750. The number of aryl methyl sites for hydroxylation is 1. The van der Waals surface area contributed by atoms with Crippen molar-refractivity contribution in [2.75, 3.05) is 7.11 Å². The molecule has 0 aliphatic rings. The molecule has 3 aromatic carbocycles. The van der Waals surface area contributed by atoms with Gasteiger partial charge in [0.2, 0.25) is 0 Å². The van der Waals surface area contributed by atoms with Crippen LogP contribution in [0.15, 0.2) is 78.9 Å². The standard InChI is InChI=1S/C25H21N3O2/c1-27-22-13-12-19(25(29)30-2)14-20(22)26-24(27)23-15-18-10-6-7-11-21(18)28(23)16-17-8-4-3-5-9-17/h3-15H,16H2,1-2H3. The molecule has 0 N–H and O–H groups in total. The Kier molecular flexibility index (Phi) is 4.36. The van der Waals surface area contributed by atoms with Crippen LogP contribution in [0.5, 0.6) is 0 Å². The largest absolute Gasteiger partial charge is 0.465 e. The van der Waals surface area contributed by atoms with E-state index in [0.717, 1.165) is 29.1 Å². The van der Waals surface area contributed by atoms with Crippen molar-refractivity contribution in [3.05, 3.63) is 90.0 Å². The van der Waals surface area contributed by atoms with Crippen molar-refractivity contribution in [3.8, 4) is 11.5 Å². The van der Waals surface area contributed by atoms with Gasteiger partial charge in [0, 0.05) is 24.5 Å². The second kappa shape index (κ2) is 7.19. The van der Waals surface area contributed by atoms with E-state index in [1.807, 2.05) is 19.2 Å². The fourth-order valence-electron chi connectivity index (χ4n) is 4.01. The second-order valence-corrected chi connectivity index (χ2v) is 7.35. The normalized spacial score (nSPS) is 11.3. The van der Waals surface area contributed by atoms with Gasteiger partial charge in [-0.2, -0.15) is 0 Å². The number of hydrogen-bond donors (Lipinski definition) is 0. The van der Waals surface area contributed by atoms with Crippen LogP contribution in [0.4, 0.5) is 0 Å². The Bertz CT molecular complexity index is 1380. The van der Waals surface area contributed by atoms with Crippen LogP contribution in [-0.4, -0.2) is 27.2 Å². The zero-order valence-corrected chi connectivity index (χ0v) is 16.9. The molecule has 0 aliphatic heterocycles. The first-order chi connectivity index (χ1) is 14.7. The van der Waals surface area contributed by atoms with Gasteiger partial charge in [-0.1, -0.05) is 48.5 Å². The lowest BCUT2D eigenvalue weighted by molar-refractivity contribution is 0.0601. The summed E-state index contributed by atoms with van der Waals surface area (Å²) in [6, 6.07) is 26.5. The molecular formula is C25H21N3O2. The van der Waals surface area contributed by atoms with Gasteiger partial charge in [0.15, 0.2) is 5.82 Å². The van der Waals surface area contributed by atoms with Crippen molar-refractivity contribution in [1.82, 2.24) is 14.1 Å². The highest BCUT2D eigenvalue weighted by Crippen LogP contribution is 2.31. The van der Waals surface area contributed by atoms with Crippen LogP contribution in [0.25, 0.3) is 33.5 Å². The second-order valence-electron chi connectivity index (χ2n) is 7.35. The first-order valence-electron chi connectivity index (χ1n) is 9.83. The minimum atomic E-state index is -0.359. The minimum Gasteiger partial charge on any atom is -0.465 e. The summed E-state index contributed by atoms with van der Waals surface area (Å²) in [7, 11) is 3.39. The Balaban J connectivity index is 1.71. The predicted octanol–water partition coefficient (Wildman–Crippen LogP) is 5.03. The maximum atomic E-state index is 11.9. The van der Waals surface area contributed by atoms with E-state index in [2.05, 4.69) is 63.7 Å². The highest BCUT2D eigenvalue weighted by Gasteiger charge is 2.18. The molecule has 5 heteroatoms. The molecule has 148 valence electrons. The quantitative estimate of drug-likeness (QED) is 0.401. The Morgan fingerprint density at radius 3 is 2.50 bits per heavy atom. The molecule has 2 aromatic heterocycles. The number of carbonyl (C=O) groups is 1. The minimum absolute atomic E-state index is 0.359. The zero-order valence-electron chi connectivity index (χ0n) is 16.9. The molecule has 2 heterocycles. The zero-order chi connectivity index (χ0) is 20.7. The molecule has 0 saturated carbocycles. The lowest BCUT2D eigenvalue weighted by Gasteiger charge is -2.11. The summed E-state index contributed by atoms with van der Waals surface area (Å²) in [5.74, 6) is 0.501. The lowest BCUT2D eigenvalue weighted by Crippen LogP contribution is -2.04. The fourth-order valence-corrected chi connectivity index (χ4v) is 4.01. The number of benzene rings is 3. The van der Waals surface area contributed by atoms with E-state index in [-0.39, 0.29) is 5.97 Å². The van der Waals surface area contributed by atoms with Crippen LogP contribution in [0.1, 0.15) is 15.9 Å². The molecule has 5 rings (SSSR count). The van der Waals surface area contributed by atoms with Gasteiger partial charge >= 0.3 is 5.97 Å². The molecule has 0 amide bonds. The number of rotatable bonds is 4. The van der Waals surface area contributed by atoms with Gasteiger partial charge in [-0.3, -0.25) is 0 Å². The van der Waals surface area contributed by atoms with Crippen LogP contribution in [0.2, 0.25) is 0 Å². The molecule has 0 spiro atoms. The van der Waals surface area contributed by atoms with E-state index in [1.54, 1.807) is 12.1 Å². The van der Waals surface area contributed by atoms with Gasteiger partial charge < -0.3 is 13.9 Å². The number of esters is 1. The Morgan fingerprint density at radius 1 is 0.933 bits per heavy atom. The molecule has 0 saturated heterocycles. The third-order valence-corrected chi connectivity index (χ3v) is 5.53. The van der Waals surface area contributed by atoms with Crippen LogP contribution < -0.4 is 0 Å². The topological polar surface area (TPSA) is 49.0 Å². The van der Waals surface area contributed by atoms with Gasteiger partial charge in [0.25, 0.3) is 0 Å². The smallest absolute Gasteiger partial charge is 0.337 e. The summed E-state index contributed by atoms with van der Waals surface area (Å²) in [6.07, 6.45) is 0. The summed E-state index contributed by atoms with van der Waals surface area (Å²) in [5, 5.41) is 1.17. The Hall–Kier alpha value is -3.86. The van der Waals surface area contributed by atoms with Crippen molar-refractivity contribution in [2.45, 2.75) is 6.54 Å². The molecular weight excluding hydrogens is 374 g/mol. The lowest BCUT2D eigenvalue weighted by atomic mass is 10.2. The fraction of sp³-hybridized carbons (Fsp3) is 0.120. The number of carbonyl (C=O) groups excluding carboxylic acids is 1. The van der Waals surface area contributed by atoms with E-state index in [0.29, 0.717) is 5.56 Å². The van der Waals surface area contributed by atoms with Crippen LogP contribution in [0.3, 0.4) is 0 Å².